The van der Waals surface area contributed by atoms with Crippen LogP contribution in [0.5, 0.6) is 0 Å². The van der Waals surface area contributed by atoms with Crippen LogP contribution in [0.25, 0.3) is 10.9 Å². The first kappa shape index (κ1) is 24.8. The molecular weight excluding hydrogens is 459 g/mol. The van der Waals surface area contributed by atoms with Crippen molar-refractivity contribution in [3.63, 3.8) is 0 Å². The summed E-state index contributed by atoms with van der Waals surface area (Å²) in [5.74, 6) is -0.665. The molecule has 0 aliphatic heterocycles. The van der Waals surface area contributed by atoms with Crippen molar-refractivity contribution >= 4 is 52.1 Å². The molecule has 8 heteroatoms. The number of hydrazone groups is 1. The van der Waals surface area contributed by atoms with Crippen LogP contribution in [-0.4, -0.2) is 28.6 Å². The van der Waals surface area contributed by atoms with Crippen molar-refractivity contribution in [1.82, 2.24) is 15.3 Å². The largest absolute Gasteiger partial charge is 0.344 e. The van der Waals surface area contributed by atoms with Gasteiger partial charge in [0.25, 0.3) is 11.8 Å². The number of benzene rings is 2. The van der Waals surface area contributed by atoms with Gasteiger partial charge in [-0.3, -0.25) is 9.59 Å². The van der Waals surface area contributed by atoms with Crippen molar-refractivity contribution in [2.75, 3.05) is 0 Å². The van der Waals surface area contributed by atoms with Crippen LogP contribution in [0.4, 0.5) is 0 Å². The summed E-state index contributed by atoms with van der Waals surface area (Å²) in [6, 6.07) is 12.2. The van der Waals surface area contributed by atoms with Crippen molar-refractivity contribution in [2.24, 2.45) is 11.0 Å². The van der Waals surface area contributed by atoms with E-state index in [9.17, 15) is 9.59 Å². The third-order valence-electron chi connectivity index (χ3n) is 5.21. The lowest BCUT2D eigenvalue weighted by atomic mass is 10.0. The molecule has 0 saturated carbocycles. The van der Waals surface area contributed by atoms with Gasteiger partial charge in [0.2, 0.25) is 0 Å². The van der Waals surface area contributed by atoms with Crippen LogP contribution < -0.4 is 10.7 Å². The molecule has 174 valence electrons. The Morgan fingerprint density at radius 3 is 2.48 bits per heavy atom. The average molecular weight is 487 g/mol. The Labute approximate surface area is 203 Å². The van der Waals surface area contributed by atoms with E-state index >= 15 is 0 Å². The summed E-state index contributed by atoms with van der Waals surface area (Å²) in [5.41, 5.74) is 4.83. The lowest BCUT2D eigenvalue weighted by Gasteiger charge is -2.19. The van der Waals surface area contributed by atoms with Crippen molar-refractivity contribution in [1.29, 1.82) is 0 Å². The molecule has 2 aromatic carbocycles. The van der Waals surface area contributed by atoms with Crippen LogP contribution in [0.15, 0.2) is 53.8 Å². The molecule has 0 spiro atoms. The van der Waals surface area contributed by atoms with Gasteiger partial charge in [-0.2, -0.15) is 5.10 Å². The SMILES string of the molecule is CC(C)C[C@@H](NC(=O)c1ccc(Cl)cc1Cl)C(=O)N/N=C/c1cn(C(C)C)c2ccccc12. The Balaban J connectivity index is 1.75. The van der Waals surface area contributed by atoms with Gasteiger partial charge in [0.15, 0.2) is 0 Å². The van der Waals surface area contributed by atoms with E-state index in [0.717, 1.165) is 16.5 Å². The highest BCUT2D eigenvalue weighted by Crippen LogP contribution is 2.23. The topological polar surface area (TPSA) is 75.5 Å². The van der Waals surface area contributed by atoms with E-state index in [-0.39, 0.29) is 22.5 Å². The third-order valence-corrected chi connectivity index (χ3v) is 5.76. The van der Waals surface area contributed by atoms with E-state index in [1.54, 1.807) is 12.3 Å². The summed E-state index contributed by atoms with van der Waals surface area (Å²) in [7, 11) is 0. The molecule has 2 amide bonds. The minimum absolute atomic E-state index is 0.176. The van der Waals surface area contributed by atoms with Gasteiger partial charge in [-0.05, 0) is 50.5 Å². The number of hydrogen-bond acceptors (Lipinski definition) is 3. The van der Waals surface area contributed by atoms with Crippen molar-refractivity contribution in [2.45, 2.75) is 46.2 Å². The van der Waals surface area contributed by atoms with Gasteiger partial charge in [-0.15, -0.1) is 0 Å². The lowest BCUT2D eigenvalue weighted by molar-refractivity contribution is -0.123. The van der Waals surface area contributed by atoms with Crippen molar-refractivity contribution in [3.05, 3.63) is 69.8 Å². The fourth-order valence-corrected chi connectivity index (χ4v) is 4.11. The number of fused-ring (bicyclic) bond motifs is 1. The zero-order valence-corrected chi connectivity index (χ0v) is 20.6. The fourth-order valence-electron chi connectivity index (χ4n) is 3.62. The van der Waals surface area contributed by atoms with Gasteiger partial charge in [0, 0.05) is 33.7 Å². The minimum Gasteiger partial charge on any atom is -0.344 e. The van der Waals surface area contributed by atoms with E-state index in [4.69, 9.17) is 23.2 Å². The standard InChI is InChI=1S/C25H28Cl2N4O2/c1-15(2)11-22(29-24(32)20-10-9-18(26)12-21(20)27)25(33)30-28-13-17-14-31(16(3)4)23-8-6-5-7-19(17)23/h5-10,12-16,22H,11H2,1-4H3,(H,29,32)(H,30,33)/b28-13+/t22-/m1/s1. The number of carbonyl (C=O) groups is 2. The van der Waals surface area contributed by atoms with Crippen molar-refractivity contribution in [3.8, 4) is 0 Å². The average Bonchev–Trinajstić information content (AvgIpc) is 3.12. The molecular formula is C25H28Cl2N4O2. The first-order valence-corrected chi connectivity index (χ1v) is 11.6. The summed E-state index contributed by atoms with van der Waals surface area (Å²) >= 11 is 12.1. The number of nitrogens with one attached hydrogen (secondary N) is 2. The molecule has 3 rings (SSSR count). The van der Waals surface area contributed by atoms with Crippen LogP contribution in [0.2, 0.25) is 10.0 Å². The summed E-state index contributed by atoms with van der Waals surface area (Å²) in [6.07, 6.45) is 4.09. The van der Waals surface area contributed by atoms with Gasteiger partial charge in [0.05, 0.1) is 16.8 Å². The molecule has 0 aliphatic carbocycles. The second-order valence-electron chi connectivity index (χ2n) is 8.62. The van der Waals surface area contributed by atoms with E-state index in [1.165, 1.54) is 12.1 Å². The monoisotopic (exact) mass is 486 g/mol. The normalized spacial score (nSPS) is 12.6. The number of aromatic nitrogens is 1. The first-order valence-electron chi connectivity index (χ1n) is 10.9. The zero-order chi connectivity index (χ0) is 24.1. The molecule has 33 heavy (non-hydrogen) atoms. The molecule has 0 saturated heterocycles. The molecule has 2 N–H and O–H groups in total. The van der Waals surface area contributed by atoms with Gasteiger partial charge >= 0.3 is 0 Å². The Kier molecular flexibility index (Phi) is 8.16. The Hall–Kier alpha value is -2.83. The number of carbonyl (C=O) groups excluding carboxylic acids is 2. The number of amides is 2. The summed E-state index contributed by atoms with van der Waals surface area (Å²) in [4.78, 5) is 25.6. The number of halogens is 2. The van der Waals surface area contributed by atoms with Gasteiger partial charge in [0.1, 0.15) is 6.04 Å². The maximum atomic E-state index is 12.9. The predicted octanol–water partition coefficient (Wildman–Crippen LogP) is 5.82. The quantitative estimate of drug-likeness (QED) is 0.310. The lowest BCUT2D eigenvalue weighted by Crippen LogP contribution is -2.46. The van der Waals surface area contributed by atoms with E-state index < -0.39 is 17.9 Å². The minimum atomic E-state index is -0.765. The van der Waals surface area contributed by atoms with Gasteiger partial charge in [-0.1, -0.05) is 55.2 Å². The fraction of sp³-hybridized carbons (Fsp3) is 0.320. The molecule has 6 nitrogen and oxygen atoms in total. The first-order chi connectivity index (χ1) is 15.7. The Morgan fingerprint density at radius 1 is 1.09 bits per heavy atom. The van der Waals surface area contributed by atoms with Crippen LogP contribution in [0.1, 0.15) is 56.1 Å². The highest BCUT2D eigenvalue weighted by molar-refractivity contribution is 6.36. The Bertz CT molecular complexity index is 1180. The van der Waals surface area contributed by atoms with Gasteiger partial charge < -0.3 is 9.88 Å². The highest BCUT2D eigenvalue weighted by Gasteiger charge is 2.23. The molecule has 0 radical (unpaired) electrons. The molecule has 0 bridgehead atoms. The van der Waals surface area contributed by atoms with Crippen LogP contribution in [-0.2, 0) is 4.79 Å². The molecule has 1 heterocycles. The van der Waals surface area contributed by atoms with Crippen LogP contribution >= 0.6 is 23.2 Å². The second kappa shape index (κ2) is 10.9. The maximum absolute atomic E-state index is 12.9. The van der Waals surface area contributed by atoms with Gasteiger partial charge in [-0.25, -0.2) is 5.43 Å². The Morgan fingerprint density at radius 2 is 1.82 bits per heavy atom. The highest BCUT2D eigenvalue weighted by atomic mass is 35.5. The smallest absolute Gasteiger partial charge is 0.262 e. The molecule has 0 aliphatic rings. The molecule has 0 fully saturated rings. The maximum Gasteiger partial charge on any atom is 0.262 e. The number of hydrogen-bond donors (Lipinski definition) is 2. The molecule has 3 aromatic rings. The van der Waals surface area contributed by atoms with Crippen LogP contribution in [0.3, 0.4) is 0 Å². The third kappa shape index (κ3) is 6.15. The summed E-state index contributed by atoms with van der Waals surface area (Å²) in [6.45, 7) is 8.18. The number of para-hydroxylation sites is 1. The molecule has 0 unspecified atom stereocenters. The number of rotatable bonds is 8. The summed E-state index contributed by atoms with van der Waals surface area (Å²) in [5, 5.41) is 8.64. The molecule has 1 aromatic heterocycles. The molecule has 1 atom stereocenters. The van der Waals surface area contributed by atoms with Crippen molar-refractivity contribution < 1.29 is 9.59 Å². The second-order valence-corrected chi connectivity index (χ2v) is 9.46. The predicted molar refractivity (Wildman–Crippen MR) is 135 cm³/mol. The zero-order valence-electron chi connectivity index (χ0n) is 19.1. The number of nitrogens with zero attached hydrogens (tertiary/aromatic N) is 2. The summed E-state index contributed by atoms with van der Waals surface area (Å²) < 4.78 is 2.16. The van der Waals surface area contributed by atoms with E-state index in [0.29, 0.717) is 11.4 Å². The van der Waals surface area contributed by atoms with E-state index in [1.807, 2.05) is 38.2 Å². The van der Waals surface area contributed by atoms with E-state index in [2.05, 4.69) is 40.3 Å². The van der Waals surface area contributed by atoms with Crippen LogP contribution in [0, 0.1) is 5.92 Å².